The number of rotatable bonds is 1. The van der Waals surface area contributed by atoms with Gasteiger partial charge in [-0.3, -0.25) is 9.79 Å². The van der Waals surface area contributed by atoms with Gasteiger partial charge in [0.15, 0.2) is 0 Å². The van der Waals surface area contributed by atoms with Crippen molar-refractivity contribution in [1.82, 2.24) is 0 Å². The number of aliphatic imine (C=N–C) groups is 1. The number of para-hydroxylation sites is 1. The molecule has 3 heteroatoms. The molecule has 1 saturated carbocycles. The second kappa shape index (κ2) is 3.61. The monoisotopic (exact) mass is 274 g/mol. The SMILES string of the molecule is O=C1Nc2ccccc2[C@]12C[C@H]2c1ccc2c(c1)CN=C2. The molecule has 0 radical (unpaired) electrons. The number of fused-ring (bicyclic) bond motifs is 3. The highest BCUT2D eigenvalue weighted by atomic mass is 16.2. The van der Waals surface area contributed by atoms with Crippen LogP contribution in [0.25, 0.3) is 0 Å². The largest absolute Gasteiger partial charge is 0.325 e. The Morgan fingerprint density at radius 1 is 1.19 bits per heavy atom. The molecular weight excluding hydrogens is 260 g/mol. The molecule has 0 saturated heterocycles. The van der Waals surface area contributed by atoms with E-state index in [-0.39, 0.29) is 11.3 Å². The average Bonchev–Trinajstić information content (AvgIpc) is 2.97. The topological polar surface area (TPSA) is 41.5 Å². The molecule has 21 heavy (non-hydrogen) atoms. The summed E-state index contributed by atoms with van der Waals surface area (Å²) < 4.78 is 0. The van der Waals surface area contributed by atoms with E-state index in [0.29, 0.717) is 5.92 Å². The lowest BCUT2D eigenvalue weighted by Gasteiger charge is -2.09. The smallest absolute Gasteiger partial charge is 0.235 e. The number of carbonyl (C=O) groups is 1. The Hall–Kier alpha value is -2.42. The number of benzene rings is 2. The summed E-state index contributed by atoms with van der Waals surface area (Å²) in [4.78, 5) is 16.8. The van der Waals surface area contributed by atoms with Crippen LogP contribution in [0.3, 0.4) is 0 Å². The fourth-order valence-electron chi connectivity index (χ4n) is 3.90. The van der Waals surface area contributed by atoms with Crippen molar-refractivity contribution in [2.24, 2.45) is 4.99 Å². The summed E-state index contributed by atoms with van der Waals surface area (Å²) in [6.45, 7) is 0.770. The van der Waals surface area contributed by atoms with Crippen LogP contribution in [0.4, 0.5) is 5.69 Å². The summed E-state index contributed by atoms with van der Waals surface area (Å²) >= 11 is 0. The number of hydrogen-bond donors (Lipinski definition) is 1. The standard InChI is InChI=1S/C18H14N2O/c21-17-18(14-3-1-2-4-16(14)20-17)8-15(18)11-5-6-12-9-19-10-13(12)7-11/h1-7,9,15H,8,10H2,(H,20,21)/t15-,18-/m0/s1. The lowest BCUT2D eigenvalue weighted by molar-refractivity contribution is -0.118. The number of amides is 1. The van der Waals surface area contributed by atoms with Crippen LogP contribution >= 0.6 is 0 Å². The number of nitrogens with one attached hydrogen (secondary N) is 1. The third kappa shape index (κ3) is 1.33. The van der Waals surface area contributed by atoms with Crippen LogP contribution in [0.15, 0.2) is 47.5 Å². The first-order valence-corrected chi connectivity index (χ1v) is 7.33. The van der Waals surface area contributed by atoms with Crippen molar-refractivity contribution in [3.05, 3.63) is 64.7 Å². The molecule has 2 aromatic rings. The van der Waals surface area contributed by atoms with E-state index in [0.717, 1.165) is 24.2 Å². The van der Waals surface area contributed by atoms with Crippen molar-refractivity contribution in [2.75, 3.05) is 5.32 Å². The summed E-state index contributed by atoms with van der Waals surface area (Å²) in [6, 6.07) is 14.6. The summed E-state index contributed by atoms with van der Waals surface area (Å²) in [5.41, 5.74) is 5.58. The molecular formula is C18H14N2O. The van der Waals surface area contributed by atoms with E-state index in [4.69, 9.17) is 0 Å². The Balaban J connectivity index is 1.58. The maximum absolute atomic E-state index is 12.5. The molecule has 0 bridgehead atoms. The van der Waals surface area contributed by atoms with Crippen LogP contribution in [0.2, 0.25) is 0 Å². The Kier molecular flexibility index (Phi) is 1.94. The fraction of sp³-hybridized carbons (Fsp3) is 0.222. The Morgan fingerprint density at radius 3 is 3.05 bits per heavy atom. The van der Waals surface area contributed by atoms with E-state index in [2.05, 4.69) is 34.6 Å². The van der Waals surface area contributed by atoms with E-state index in [1.54, 1.807) is 0 Å². The van der Waals surface area contributed by atoms with Crippen LogP contribution in [-0.2, 0) is 16.8 Å². The van der Waals surface area contributed by atoms with Crippen molar-refractivity contribution < 1.29 is 4.79 Å². The second-order valence-electron chi connectivity index (χ2n) is 6.16. The van der Waals surface area contributed by atoms with Crippen molar-refractivity contribution in [2.45, 2.75) is 24.3 Å². The molecule has 2 atom stereocenters. The molecule has 1 fully saturated rings. The Labute approximate surface area is 122 Å². The van der Waals surface area contributed by atoms with Crippen LogP contribution in [0.5, 0.6) is 0 Å². The summed E-state index contributed by atoms with van der Waals surface area (Å²) in [5.74, 6) is 0.456. The first-order chi connectivity index (χ1) is 10.3. The normalized spacial score (nSPS) is 27.6. The first-order valence-electron chi connectivity index (χ1n) is 7.33. The zero-order valence-electron chi connectivity index (χ0n) is 11.5. The Morgan fingerprint density at radius 2 is 2.10 bits per heavy atom. The molecule has 5 rings (SSSR count). The number of nitrogens with zero attached hydrogens (tertiary/aromatic N) is 1. The highest BCUT2D eigenvalue weighted by Gasteiger charge is 2.65. The van der Waals surface area contributed by atoms with Crippen molar-refractivity contribution in [3.63, 3.8) is 0 Å². The third-order valence-electron chi connectivity index (χ3n) is 5.08. The average molecular weight is 274 g/mol. The number of hydrogen-bond acceptors (Lipinski definition) is 2. The maximum atomic E-state index is 12.5. The molecule has 0 aromatic heterocycles. The van der Waals surface area contributed by atoms with Gasteiger partial charge in [0, 0.05) is 17.8 Å². The quantitative estimate of drug-likeness (QED) is 0.853. The minimum Gasteiger partial charge on any atom is -0.325 e. The van der Waals surface area contributed by atoms with E-state index in [1.165, 1.54) is 16.7 Å². The summed E-state index contributed by atoms with van der Waals surface area (Å²) in [5, 5.41) is 3.04. The van der Waals surface area contributed by atoms with Crippen LogP contribution < -0.4 is 5.32 Å². The van der Waals surface area contributed by atoms with Crippen molar-refractivity contribution >= 4 is 17.8 Å². The van der Waals surface area contributed by atoms with Gasteiger partial charge in [-0.1, -0.05) is 36.4 Å². The molecule has 102 valence electrons. The number of anilines is 1. The molecule has 2 aliphatic heterocycles. The molecule has 2 aromatic carbocycles. The lowest BCUT2D eigenvalue weighted by atomic mass is 9.91. The van der Waals surface area contributed by atoms with Crippen LogP contribution in [0, 0.1) is 0 Å². The molecule has 1 amide bonds. The van der Waals surface area contributed by atoms with Gasteiger partial charge in [0.2, 0.25) is 5.91 Å². The van der Waals surface area contributed by atoms with Gasteiger partial charge in [-0.15, -0.1) is 0 Å². The molecule has 0 unspecified atom stereocenters. The van der Waals surface area contributed by atoms with E-state index < -0.39 is 0 Å². The van der Waals surface area contributed by atoms with Gasteiger partial charge in [0.05, 0.1) is 12.0 Å². The minimum atomic E-state index is -0.329. The molecule has 3 aliphatic rings. The maximum Gasteiger partial charge on any atom is 0.235 e. The van der Waals surface area contributed by atoms with Gasteiger partial charge in [-0.2, -0.15) is 0 Å². The highest BCUT2D eigenvalue weighted by molar-refractivity contribution is 6.09. The van der Waals surface area contributed by atoms with Gasteiger partial charge in [0.25, 0.3) is 0 Å². The zero-order valence-corrected chi connectivity index (χ0v) is 11.5. The van der Waals surface area contributed by atoms with Gasteiger partial charge in [-0.05, 0) is 34.7 Å². The zero-order chi connectivity index (χ0) is 14.0. The van der Waals surface area contributed by atoms with Crippen LogP contribution in [-0.4, -0.2) is 12.1 Å². The van der Waals surface area contributed by atoms with Gasteiger partial charge >= 0.3 is 0 Å². The third-order valence-corrected chi connectivity index (χ3v) is 5.08. The Bertz CT molecular complexity index is 824. The van der Waals surface area contributed by atoms with Gasteiger partial charge < -0.3 is 5.32 Å². The van der Waals surface area contributed by atoms with E-state index in [1.807, 2.05) is 24.4 Å². The highest BCUT2D eigenvalue weighted by Crippen LogP contribution is 2.64. The fourth-order valence-corrected chi connectivity index (χ4v) is 3.90. The molecule has 3 nitrogen and oxygen atoms in total. The van der Waals surface area contributed by atoms with Crippen LogP contribution in [0.1, 0.15) is 34.6 Å². The molecule has 1 aliphatic carbocycles. The lowest BCUT2D eigenvalue weighted by Crippen LogP contribution is -2.21. The number of carbonyl (C=O) groups excluding carboxylic acids is 1. The molecule has 1 spiro atoms. The van der Waals surface area contributed by atoms with Gasteiger partial charge in [0.1, 0.15) is 0 Å². The van der Waals surface area contributed by atoms with Gasteiger partial charge in [-0.25, -0.2) is 0 Å². The second-order valence-corrected chi connectivity index (χ2v) is 6.16. The van der Waals surface area contributed by atoms with Crippen molar-refractivity contribution in [3.8, 4) is 0 Å². The minimum absolute atomic E-state index is 0.158. The predicted octanol–water partition coefficient (Wildman–Crippen LogP) is 3.00. The van der Waals surface area contributed by atoms with E-state index >= 15 is 0 Å². The summed E-state index contributed by atoms with van der Waals surface area (Å²) in [6.07, 6.45) is 2.84. The van der Waals surface area contributed by atoms with E-state index in [9.17, 15) is 4.79 Å². The molecule has 1 N–H and O–H groups in total. The predicted molar refractivity (Wildman–Crippen MR) is 81.8 cm³/mol. The summed E-state index contributed by atoms with van der Waals surface area (Å²) in [7, 11) is 0. The first kappa shape index (κ1) is 11.3. The van der Waals surface area contributed by atoms with Crippen molar-refractivity contribution in [1.29, 1.82) is 0 Å². The molecule has 2 heterocycles.